The molecular formula is C35H26O4. The van der Waals surface area contributed by atoms with E-state index in [4.69, 9.17) is 9.47 Å². The van der Waals surface area contributed by atoms with Gasteiger partial charge in [-0.3, -0.25) is 4.79 Å². The van der Waals surface area contributed by atoms with Crippen molar-refractivity contribution in [2.75, 3.05) is 0 Å². The average Bonchev–Trinajstić information content (AvgIpc) is 3.30. The highest BCUT2D eigenvalue weighted by molar-refractivity contribution is 5.80. The molecule has 1 N–H and O–H groups in total. The summed E-state index contributed by atoms with van der Waals surface area (Å²) in [6.07, 6.45) is -0.133. The van der Waals surface area contributed by atoms with Crippen LogP contribution in [0.3, 0.4) is 0 Å². The van der Waals surface area contributed by atoms with Gasteiger partial charge in [0.2, 0.25) is 0 Å². The van der Waals surface area contributed by atoms with E-state index in [0.29, 0.717) is 12.9 Å². The van der Waals surface area contributed by atoms with Gasteiger partial charge >= 0.3 is 0 Å². The van der Waals surface area contributed by atoms with Gasteiger partial charge in [0.1, 0.15) is 23.4 Å². The summed E-state index contributed by atoms with van der Waals surface area (Å²) in [5.41, 5.74) is 6.55. The molecule has 5 aromatic carbocycles. The fraction of sp³-hybridized carbons (Fsp3) is 0.114. The zero-order valence-corrected chi connectivity index (χ0v) is 21.2. The first kappa shape index (κ1) is 23.3. The average molecular weight is 511 g/mol. The molecule has 0 radical (unpaired) electrons. The molecule has 4 heteroatoms. The SMILES string of the molecule is O=COC(C1c2ccccc2-c2ccccc21)C1(Cc2cccc(O)c2)c2ccccc2Oc2ccccc21. The fourth-order valence-corrected chi connectivity index (χ4v) is 6.76. The van der Waals surface area contributed by atoms with Crippen LogP contribution < -0.4 is 4.74 Å². The number of phenols is 1. The van der Waals surface area contributed by atoms with Crippen molar-refractivity contribution in [3.63, 3.8) is 0 Å². The number of carbonyl (C=O) groups is 1. The summed E-state index contributed by atoms with van der Waals surface area (Å²) >= 11 is 0. The monoisotopic (exact) mass is 510 g/mol. The molecule has 190 valence electrons. The minimum Gasteiger partial charge on any atom is -0.508 e. The molecule has 4 nitrogen and oxygen atoms in total. The summed E-state index contributed by atoms with van der Waals surface area (Å²) in [7, 11) is 0. The van der Waals surface area contributed by atoms with Crippen molar-refractivity contribution >= 4 is 6.47 Å². The van der Waals surface area contributed by atoms with Gasteiger partial charge in [-0.15, -0.1) is 0 Å². The van der Waals surface area contributed by atoms with Crippen LogP contribution in [0, 0.1) is 0 Å². The van der Waals surface area contributed by atoms with E-state index in [1.54, 1.807) is 12.1 Å². The van der Waals surface area contributed by atoms with Crippen LogP contribution in [-0.4, -0.2) is 17.7 Å². The maximum Gasteiger partial charge on any atom is 0.293 e. The normalized spacial score (nSPS) is 15.2. The van der Waals surface area contributed by atoms with Crippen molar-refractivity contribution in [2.24, 2.45) is 0 Å². The predicted molar refractivity (Wildman–Crippen MR) is 150 cm³/mol. The molecule has 0 saturated heterocycles. The Bertz CT molecular complexity index is 1610. The maximum absolute atomic E-state index is 12.4. The Kier molecular flexibility index (Phi) is 5.48. The molecule has 2 aliphatic rings. The minimum atomic E-state index is -0.824. The summed E-state index contributed by atoms with van der Waals surface area (Å²) in [4.78, 5) is 12.4. The third kappa shape index (κ3) is 3.56. The zero-order valence-electron chi connectivity index (χ0n) is 21.2. The third-order valence-electron chi connectivity index (χ3n) is 8.22. The Morgan fingerprint density at radius 1 is 0.744 bits per heavy atom. The van der Waals surface area contributed by atoms with Crippen LogP contribution in [0.5, 0.6) is 17.2 Å². The van der Waals surface area contributed by atoms with Gasteiger partial charge in [0.05, 0.1) is 5.41 Å². The maximum atomic E-state index is 12.4. The second kappa shape index (κ2) is 9.17. The van der Waals surface area contributed by atoms with Crippen molar-refractivity contribution in [3.05, 3.63) is 149 Å². The number of aromatic hydroxyl groups is 1. The van der Waals surface area contributed by atoms with Gasteiger partial charge in [-0.2, -0.15) is 0 Å². The Labute approximate surface area is 227 Å². The van der Waals surface area contributed by atoms with Gasteiger partial charge in [-0.05, 0) is 58.5 Å². The largest absolute Gasteiger partial charge is 0.508 e. The Morgan fingerprint density at radius 3 is 1.90 bits per heavy atom. The van der Waals surface area contributed by atoms with Crippen molar-refractivity contribution < 1.29 is 19.4 Å². The predicted octanol–water partition coefficient (Wildman–Crippen LogP) is 7.38. The Balaban J connectivity index is 1.56. The van der Waals surface area contributed by atoms with Crippen LogP contribution in [0.25, 0.3) is 11.1 Å². The first-order valence-corrected chi connectivity index (χ1v) is 13.1. The van der Waals surface area contributed by atoms with Gasteiger partial charge in [0, 0.05) is 17.0 Å². The number of ether oxygens (including phenoxy) is 2. The van der Waals surface area contributed by atoms with Gasteiger partial charge in [0.15, 0.2) is 0 Å². The summed E-state index contributed by atoms with van der Waals surface area (Å²) in [6.45, 7) is 0.582. The molecule has 1 heterocycles. The van der Waals surface area contributed by atoms with Crippen LogP contribution in [0.2, 0.25) is 0 Å². The van der Waals surface area contributed by atoms with E-state index in [0.717, 1.165) is 50.4 Å². The lowest BCUT2D eigenvalue weighted by Crippen LogP contribution is -2.49. The topological polar surface area (TPSA) is 55.8 Å². The van der Waals surface area contributed by atoms with Crippen LogP contribution in [0.15, 0.2) is 121 Å². The zero-order chi connectivity index (χ0) is 26.4. The molecule has 1 atom stereocenters. The standard InChI is InChI=1S/C35H26O4/c36-22-38-34(33-27-14-3-1-12-25(27)26-13-2-4-15-28(26)33)35(21-23-10-9-11-24(37)20-23)29-16-5-7-18-31(29)39-32-19-8-6-17-30(32)35/h1-20,22,33-34,37H,21H2. The molecule has 0 amide bonds. The molecular weight excluding hydrogens is 484 g/mol. The molecule has 1 aliphatic carbocycles. The van der Waals surface area contributed by atoms with Gasteiger partial charge < -0.3 is 14.6 Å². The fourth-order valence-electron chi connectivity index (χ4n) is 6.76. The van der Waals surface area contributed by atoms with Crippen molar-refractivity contribution in [1.29, 1.82) is 0 Å². The highest BCUT2D eigenvalue weighted by atomic mass is 16.5. The molecule has 1 unspecified atom stereocenters. The number of hydrogen-bond donors (Lipinski definition) is 1. The quantitative estimate of drug-likeness (QED) is 0.242. The lowest BCUT2D eigenvalue weighted by atomic mass is 9.61. The molecule has 0 fully saturated rings. The van der Waals surface area contributed by atoms with E-state index < -0.39 is 11.5 Å². The highest BCUT2D eigenvalue weighted by Crippen LogP contribution is 2.58. The lowest BCUT2D eigenvalue weighted by molar-refractivity contribution is -0.137. The number of para-hydroxylation sites is 2. The van der Waals surface area contributed by atoms with Crippen molar-refractivity contribution in [3.8, 4) is 28.4 Å². The molecule has 5 aromatic rings. The number of fused-ring (bicyclic) bond motifs is 5. The van der Waals surface area contributed by atoms with E-state index >= 15 is 0 Å². The number of benzene rings is 5. The van der Waals surface area contributed by atoms with Crippen molar-refractivity contribution in [2.45, 2.75) is 23.9 Å². The third-order valence-corrected chi connectivity index (χ3v) is 8.22. The molecule has 7 rings (SSSR count). The summed E-state index contributed by atoms with van der Waals surface area (Å²) in [5.74, 6) is 1.44. The first-order chi connectivity index (χ1) is 19.2. The van der Waals surface area contributed by atoms with Crippen LogP contribution in [0.4, 0.5) is 0 Å². The smallest absolute Gasteiger partial charge is 0.293 e. The number of hydrogen-bond acceptors (Lipinski definition) is 4. The van der Waals surface area contributed by atoms with Crippen LogP contribution in [0.1, 0.15) is 33.7 Å². The van der Waals surface area contributed by atoms with E-state index in [9.17, 15) is 9.90 Å². The molecule has 39 heavy (non-hydrogen) atoms. The van der Waals surface area contributed by atoms with E-state index in [2.05, 4.69) is 48.5 Å². The van der Waals surface area contributed by atoms with Gasteiger partial charge in [-0.1, -0.05) is 97.1 Å². The highest BCUT2D eigenvalue weighted by Gasteiger charge is 2.54. The van der Waals surface area contributed by atoms with E-state index in [-0.39, 0.29) is 11.7 Å². The molecule has 1 aliphatic heterocycles. The van der Waals surface area contributed by atoms with E-state index in [1.807, 2.05) is 60.7 Å². The Morgan fingerprint density at radius 2 is 1.31 bits per heavy atom. The second-order valence-electron chi connectivity index (χ2n) is 10.2. The lowest BCUT2D eigenvalue weighted by Gasteiger charge is -2.47. The van der Waals surface area contributed by atoms with Crippen LogP contribution >= 0.6 is 0 Å². The second-order valence-corrected chi connectivity index (χ2v) is 10.2. The van der Waals surface area contributed by atoms with Crippen LogP contribution in [-0.2, 0) is 21.4 Å². The molecule has 0 bridgehead atoms. The van der Waals surface area contributed by atoms with E-state index in [1.165, 1.54) is 0 Å². The summed E-state index contributed by atoms with van der Waals surface area (Å²) in [6, 6.07) is 40.1. The van der Waals surface area contributed by atoms with Crippen molar-refractivity contribution in [1.82, 2.24) is 0 Å². The molecule has 0 saturated carbocycles. The number of rotatable bonds is 6. The number of phenolic OH excluding ortho intramolecular Hbond substituents is 1. The minimum absolute atomic E-state index is 0.195. The molecule has 0 aromatic heterocycles. The molecule has 0 spiro atoms. The first-order valence-electron chi connectivity index (χ1n) is 13.1. The Hall–Kier alpha value is -4.83. The summed E-state index contributed by atoms with van der Waals surface area (Å²) in [5, 5.41) is 10.4. The van der Waals surface area contributed by atoms with Gasteiger partial charge in [0.25, 0.3) is 6.47 Å². The number of carbonyl (C=O) groups excluding carboxylic acids is 1. The summed E-state index contributed by atoms with van der Waals surface area (Å²) < 4.78 is 12.7. The van der Waals surface area contributed by atoms with Gasteiger partial charge in [-0.25, -0.2) is 0 Å².